The third kappa shape index (κ3) is 6.12. The fraction of sp³-hybridized carbons (Fsp3) is 0.632. The molecule has 1 aliphatic heterocycles. The van der Waals surface area contributed by atoms with Gasteiger partial charge in [0, 0.05) is 0 Å². The lowest BCUT2D eigenvalue weighted by atomic mass is 10.0. The average Bonchev–Trinajstić information content (AvgIpc) is 2.63. The molecule has 0 radical (unpaired) electrons. The number of amides is 1. The fourth-order valence-electron chi connectivity index (χ4n) is 3.34. The predicted octanol–water partition coefficient (Wildman–Crippen LogP) is 4.46. The lowest BCUT2D eigenvalue weighted by Gasteiger charge is -2.33. The fourth-order valence-corrected chi connectivity index (χ4v) is 3.68. The molecule has 0 bridgehead atoms. The molecule has 6 nitrogen and oxygen atoms in total. The maximum Gasteiger partial charge on any atom is 0.333 e. The van der Waals surface area contributed by atoms with E-state index >= 15 is 0 Å². The van der Waals surface area contributed by atoms with Gasteiger partial charge in [-0.1, -0.05) is 70.4 Å². The molecular formula is C19H29N3O3S. The Hall–Kier alpha value is -1.89. The van der Waals surface area contributed by atoms with Crippen LogP contribution >= 0.6 is 0 Å². The molecule has 0 spiro atoms. The van der Waals surface area contributed by atoms with Gasteiger partial charge in [-0.2, -0.15) is 8.42 Å². The Balaban J connectivity index is 1.84. The van der Waals surface area contributed by atoms with E-state index < -0.39 is 16.7 Å². The molecule has 144 valence electrons. The van der Waals surface area contributed by atoms with Crippen LogP contribution in [0.5, 0.6) is 0 Å². The predicted molar refractivity (Wildman–Crippen MR) is 103 cm³/mol. The Labute approximate surface area is 157 Å². The van der Waals surface area contributed by atoms with Crippen molar-refractivity contribution in [2.24, 2.45) is 4.47 Å². The van der Waals surface area contributed by atoms with E-state index in [0.29, 0.717) is 17.7 Å². The summed E-state index contributed by atoms with van der Waals surface area (Å²) in [6.07, 6.45) is 11.2. The van der Waals surface area contributed by atoms with Crippen LogP contribution in [0.1, 0.15) is 81.5 Å². The summed E-state index contributed by atoms with van der Waals surface area (Å²) in [6.45, 7) is 2.22. The van der Waals surface area contributed by atoms with Gasteiger partial charge in [0.25, 0.3) is 5.91 Å². The maximum atomic E-state index is 12.3. The van der Waals surface area contributed by atoms with Gasteiger partial charge in [0.05, 0.1) is 11.3 Å². The van der Waals surface area contributed by atoms with E-state index in [2.05, 4.69) is 16.7 Å². The molecule has 1 N–H and O–H groups in total. The maximum absolute atomic E-state index is 12.3. The summed E-state index contributed by atoms with van der Waals surface area (Å²) in [7, 11) is -2.57. The standard InChI is InChI=1S/C19H29N3O3S/c1-2-3-4-5-6-7-8-9-10-15-18-20-19(23)16-13-11-12-14-17(16)22(18)21-26(24)25/h11-14,18H,2-10,15H2,1H3,(H,20,23). The number of benzene rings is 1. The largest absolute Gasteiger partial charge is 0.333 e. The summed E-state index contributed by atoms with van der Waals surface area (Å²) in [5.41, 5.74) is 0.992. The van der Waals surface area contributed by atoms with Crippen LogP contribution in [0.15, 0.2) is 28.7 Å². The zero-order chi connectivity index (χ0) is 18.8. The molecule has 0 aliphatic carbocycles. The third-order valence-corrected chi connectivity index (χ3v) is 5.03. The molecule has 1 aromatic carbocycles. The Kier molecular flexibility index (Phi) is 8.61. The van der Waals surface area contributed by atoms with Crippen molar-refractivity contribution in [3.8, 4) is 0 Å². The molecule has 1 unspecified atom stereocenters. The molecule has 0 saturated heterocycles. The van der Waals surface area contributed by atoms with E-state index in [9.17, 15) is 13.2 Å². The summed E-state index contributed by atoms with van der Waals surface area (Å²) >= 11 is 0. The van der Waals surface area contributed by atoms with Gasteiger partial charge in [0.2, 0.25) is 0 Å². The van der Waals surface area contributed by atoms with Crippen LogP contribution in [-0.4, -0.2) is 20.5 Å². The highest BCUT2D eigenvalue weighted by molar-refractivity contribution is 7.61. The van der Waals surface area contributed by atoms with Gasteiger partial charge in [-0.15, -0.1) is 0 Å². The SMILES string of the molecule is CCCCCCCCCCCC1NC(=O)c2ccccc2N1N=S(=O)=O. The molecule has 26 heavy (non-hydrogen) atoms. The van der Waals surface area contributed by atoms with Gasteiger partial charge < -0.3 is 5.32 Å². The van der Waals surface area contributed by atoms with Crippen LogP contribution in [0, 0.1) is 0 Å². The van der Waals surface area contributed by atoms with Gasteiger partial charge in [-0.3, -0.25) is 4.79 Å². The first-order valence-corrected chi connectivity index (χ1v) is 10.7. The minimum atomic E-state index is -2.57. The minimum Gasteiger partial charge on any atom is -0.330 e. The van der Waals surface area contributed by atoms with Crippen LogP contribution in [-0.2, 0) is 10.5 Å². The van der Waals surface area contributed by atoms with Crippen LogP contribution in [0.3, 0.4) is 0 Å². The van der Waals surface area contributed by atoms with Crippen molar-refractivity contribution < 1.29 is 13.2 Å². The van der Waals surface area contributed by atoms with Gasteiger partial charge in [0.1, 0.15) is 6.17 Å². The lowest BCUT2D eigenvalue weighted by molar-refractivity contribution is 0.0924. The van der Waals surface area contributed by atoms with Crippen molar-refractivity contribution >= 4 is 22.1 Å². The van der Waals surface area contributed by atoms with Crippen molar-refractivity contribution in [2.75, 3.05) is 5.01 Å². The normalized spacial score (nSPS) is 16.1. The number of para-hydroxylation sites is 1. The first kappa shape index (κ1) is 20.4. The molecular weight excluding hydrogens is 350 g/mol. The highest BCUT2D eigenvalue weighted by Crippen LogP contribution is 2.28. The smallest absolute Gasteiger partial charge is 0.330 e. The molecule has 1 atom stereocenters. The number of carbonyl (C=O) groups is 1. The Morgan fingerprint density at radius 3 is 2.27 bits per heavy atom. The first-order chi connectivity index (χ1) is 12.6. The Morgan fingerprint density at radius 1 is 1.00 bits per heavy atom. The van der Waals surface area contributed by atoms with Crippen molar-refractivity contribution in [1.29, 1.82) is 0 Å². The number of anilines is 1. The van der Waals surface area contributed by atoms with Gasteiger partial charge in [-0.05, 0) is 29.4 Å². The van der Waals surface area contributed by atoms with Gasteiger partial charge in [-0.25, -0.2) is 5.01 Å². The zero-order valence-electron chi connectivity index (χ0n) is 15.5. The van der Waals surface area contributed by atoms with Gasteiger partial charge >= 0.3 is 10.5 Å². The number of fused-ring (bicyclic) bond motifs is 1. The monoisotopic (exact) mass is 379 g/mol. The molecule has 1 aromatic rings. The van der Waals surface area contributed by atoms with E-state index in [0.717, 1.165) is 12.8 Å². The quantitative estimate of drug-likeness (QED) is 0.576. The van der Waals surface area contributed by atoms with Crippen LogP contribution in [0.2, 0.25) is 0 Å². The Morgan fingerprint density at radius 2 is 1.62 bits per heavy atom. The van der Waals surface area contributed by atoms with Crippen molar-refractivity contribution in [3.63, 3.8) is 0 Å². The number of hydrogen-bond donors (Lipinski definition) is 1. The molecule has 0 saturated carbocycles. The van der Waals surface area contributed by atoms with Crippen LogP contribution in [0.25, 0.3) is 0 Å². The molecule has 1 heterocycles. The van der Waals surface area contributed by atoms with Gasteiger partial charge in [0.15, 0.2) is 0 Å². The number of carbonyl (C=O) groups excluding carboxylic acids is 1. The summed E-state index contributed by atoms with van der Waals surface area (Å²) in [5, 5.41) is 4.29. The zero-order valence-corrected chi connectivity index (χ0v) is 16.3. The topological polar surface area (TPSA) is 78.8 Å². The van der Waals surface area contributed by atoms with Crippen LogP contribution in [0.4, 0.5) is 5.69 Å². The Bertz CT molecular complexity index is 710. The molecule has 1 amide bonds. The third-order valence-electron chi connectivity index (χ3n) is 4.72. The van der Waals surface area contributed by atoms with E-state index in [4.69, 9.17) is 0 Å². The van der Waals surface area contributed by atoms with Crippen LogP contribution < -0.4 is 10.3 Å². The number of rotatable bonds is 11. The number of unbranched alkanes of at least 4 members (excludes halogenated alkanes) is 8. The molecule has 7 heteroatoms. The lowest BCUT2D eigenvalue weighted by Crippen LogP contribution is -2.50. The highest BCUT2D eigenvalue weighted by atomic mass is 32.2. The van der Waals surface area contributed by atoms with Crippen molar-refractivity contribution in [1.82, 2.24) is 5.32 Å². The van der Waals surface area contributed by atoms with E-state index in [1.165, 1.54) is 50.0 Å². The number of nitrogens with one attached hydrogen (secondary N) is 1. The summed E-state index contributed by atoms with van der Waals surface area (Å²) in [5.74, 6) is -0.176. The van der Waals surface area contributed by atoms with Crippen molar-refractivity contribution in [3.05, 3.63) is 29.8 Å². The van der Waals surface area contributed by atoms with E-state index in [-0.39, 0.29) is 5.91 Å². The molecule has 2 rings (SSSR count). The average molecular weight is 380 g/mol. The summed E-state index contributed by atoms with van der Waals surface area (Å²) in [6, 6.07) is 6.94. The second-order valence-corrected chi connectivity index (χ2v) is 7.36. The number of nitrogens with zero attached hydrogens (tertiary/aromatic N) is 2. The number of hydrogen-bond acceptors (Lipinski definition) is 4. The molecule has 0 fully saturated rings. The second-order valence-electron chi connectivity index (χ2n) is 6.77. The summed E-state index contributed by atoms with van der Waals surface area (Å²) < 4.78 is 25.9. The first-order valence-electron chi connectivity index (χ1n) is 9.63. The van der Waals surface area contributed by atoms with E-state index in [1.807, 2.05) is 0 Å². The summed E-state index contributed by atoms with van der Waals surface area (Å²) in [4.78, 5) is 12.3. The molecule has 1 aliphatic rings. The van der Waals surface area contributed by atoms with E-state index in [1.54, 1.807) is 24.3 Å². The highest BCUT2D eigenvalue weighted by Gasteiger charge is 2.30. The molecule has 0 aromatic heterocycles. The van der Waals surface area contributed by atoms with Crippen molar-refractivity contribution in [2.45, 2.75) is 77.3 Å². The minimum absolute atomic E-state index is 0.176. The second kappa shape index (κ2) is 11.0.